The van der Waals surface area contributed by atoms with E-state index in [0.717, 1.165) is 32.8 Å². The molecule has 0 aromatic heterocycles. The first kappa shape index (κ1) is 13.3. The van der Waals surface area contributed by atoms with Crippen molar-refractivity contribution in [3.8, 4) is 0 Å². The summed E-state index contributed by atoms with van der Waals surface area (Å²) in [5.74, 6) is -0.627. The highest BCUT2D eigenvalue weighted by Crippen LogP contribution is 2.24. The molecule has 0 amide bonds. The smallest absolute Gasteiger partial charge is 0.306 e. The molecule has 0 saturated heterocycles. The van der Waals surface area contributed by atoms with Gasteiger partial charge in [0.15, 0.2) is 0 Å². The maximum absolute atomic E-state index is 10.2. The molecule has 0 spiro atoms. The van der Waals surface area contributed by atoms with E-state index in [1.165, 1.54) is 0 Å². The van der Waals surface area contributed by atoms with Gasteiger partial charge in [-0.1, -0.05) is 12.8 Å². The normalized spacial score (nSPS) is 16.2. The van der Waals surface area contributed by atoms with Gasteiger partial charge in [0.25, 0.3) is 0 Å². The summed E-state index contributed by atoms with van der Waals surface area (Å²) in [5, 5.41) is 15.4. The van der Waals surface area contributed by atoms with Crippen LogP contribution in [0.3, 0.4) is 0 Å². The van der Waals surface area contributed by atoms with Gasteiger partial charge in [-0.2, -0.15) is 0 Å². The standard InChI is InChI=1S/C6H10O2.CH4O.ClH/c7-6(8)5-3-1-2-4-5;1-2;/h5H,1-4H2,(H,7,8);2H,1H3;1H. The third-order valence-corrected chi connectivity index (χ3v) is 1.70. The molecule has 0 atom stereocenters. The van der Waals surface area contributed by atoms with Crippen LogP contribution in [0.15, 0.2) is 0 Å². The number of carboxylic acids is 1. The van der Waals surface area contributed by atoms with Crippen molar-refractivity contribution in [3.63, 3.8) is 0 Å². The quantitative estimate of drug-likeness (QED) is 0.643. The Morgan fingerprint density at radius 2 is 1.64 bits per heavy atom. The number of rotatable bonds is 1. The predicted molar refractivity (Wildman–Crippen MR) is 45.0 cm³/mol. The van der Waals surface area contributed by atoms with Crippen LogP contribution in [0.1, 0.15) is 25.7 Å². The highest BCUT2D eigenvalue weighted by molar-refractivity contribution is 5.85. The summed E-state index contributed by atoms with van der Waals surface area (Å²) in [5.41, 5.74) is 0. The number of hydrogen-bond donors (Lipinski definition) is 2. The van der Waals surface area contributed by atoms with Crippen molar-refractivity contribution < 1.29 is 15.0 Å². The summed E-state index contributed by atoms with van der Waals surface area (Å²) in [4.78, 5) is 10.2. The van der Waals surface area contributed by atoms with Crippen molar-refractivity contribution >= 4 is 18.4 Å². The lowest BCUT2D eigenvalue weighted by atomic mass is 10.1. The van der Waals surface area contributed by atoms with Crippen LogP contribution in [0.2, 0.25) is 0 Å². The topological polar surface area (TPSA) is 57.5 Å². The van der Waals surface area contributed by atoms with Gasteiger partial charge in [0.2, 0.25) is 0 Å². The lowest BCUT2D eigenvalue weighted by molar-refractivity contribution is -0.141. The van der Waals surface area contributed by atoms with Gasteiger partial charge in [0, 0.05) is 7.11 Å². The molecule has 1 saturated carbocycles. The molecule has 11 heavy (non-hydrogen) atoms. The SMILES string of the molecule is CO.Cl.O=C(O)C1CCCC1. The van der Waals surface area contributed by atoms with Crippen LogP contribution in [-0.2, 0) is 4.79 Å². The zero-order valence-corrected chi connectivity index (χ0v) is 7.43. The molecule has 0 heterocycles. The minimum absolute atomic E-state index is 0. The highest BCUT2D eigenvalue weighted by Gasteiger charge is 2.20. The fraction of sp³-hybridized carbons (Fsp3) is 0.857. The van der Waals surface area contributed by atoms with Crippen LogP contribution < -0.4 is 0 Å². The second kappa shape index (κ2) is 7.82. The Morgan fingerprint density at radius 1 is 1.27 bits per heavy atom. The van der Waals surface area contributed by atoms with E-state index in [9.17, 15) is 4.79 Å². The maximum atomic E-state index is 10.2. The Morgan fingerprint density at radius 3 is 1.82 bits per heavy atom. The van der Waals surface area contributed by atoms with Crippen LogP contribution in [0.25, 0.3) is 0 Å². The number of carbonyl (C=O) groups is 1. The lowest BCUT2D eigenvalue weighted by Crippen LogP contribution is -2.07. The van der Waals surface area contributed by atoms with Gasteiger partial charge in [-0.15, -0.1) is 12.4 Å². The lowest BCUT2D eigenvalue weighted by Gasteiger charge is -1.97. The summed E-state index contributed by atoms with van der Waals surface area (Å²) in [7, 11) is 1.00. The van der Waals surface area contributed by atoms with Gasteiger partial charge in [-0.3, -0.25) is 4.79 Å². The van der Waals surface area contributed by atoms with Crippen LogP contribution in [0.4, 0.5) is 0 Å². The molecule has 0 aromatic rings. The Labute approximate surface area is 72.8 Å². The molecular weight excluding hydrogens is 168 g/mol. The minimum atomic E-state index is -0.609. The van der Waals surface area contributed by atoms with Gasteiger partial charge in [-0.05, 0) is 12.8 Å². The third kappa shape index (κ3) is 5.04. The van der Waals surface area contributed by atoms with Crippen molar-refractivity contribution in [3.05, 3.63) is 0 Å². The Kier molecular flexibility index (Phi) is 9.47. The van der Waals surface area contributed by atoms with Gasteiger partial charge in [-0.25, -0.2) is 0 Å². The Balaban J connectivity index is 0. The molecule has 68 valence electrons. The maximum Gasteiger partial charge on any atom is 0.306 e. The first-order valence-electron chi connectivity index (χ1n) is 3.48. The van der Waals surface area contributed by atoms with E-state index in [2.05, 4.69) is 0 Å². The molecule has 0 bridgehead atoms. The second-order valence-corrected chi connectivity index (χ2v) is 2.32. The second-order valence-electron chi connectivity index (χ2n) is 2.32. The molecule has 1 fully saturated rings. The van der Waals surface area contributed by atoms with Gasteiger partial charge >= 0.3 is 5.97 Å². The van der Waals surface area contributed by atoms with Gasteiger partial charge in [0.1, 0.15) is 0 Å². The van der Waals surface area contributed by atoms with E-state index in [1.54, 1.807) is 0 Å². The number of carboxylic acid groups (broad SMARTS) is 1. The summed E-state index contributed by atoms with van der Waals surface area (Å²) in [6.07, 6.45) is 4.01. The number of aliphatic carboxylic acids is 1. The first-order chi connectivity index (χ1) is 4.80. The fourth-order valence-corrected chi connectivity index (χ4v) is 1.17. The Hall–Kier alpha value is -0.280. The van der Waals surface area contributed by atoms with E-state index in [0.29, 0.717) is 0 Å². The average molecular weight is 183 g/mol. The molecule has 4 heteroatoms. The number of aliphatic hydroxyl groups is 1. The van der Waals surface area contributed by atoms with Crippen molar-refractivity contribution in [1.29, 1.82) is 0 Å². The van der Waals surface area contributed by atoms with Gasteiger partial charge < -0.3 is 10.2 Å². The molecule has 1 aliphatic carbocycles. The van der Waals surface area contributed by atoms with E-state index < -0.39 is 5.97 Å². The van der Waals surface area contributed by atoms with Crippen LogP contribution >= 0.6 is 12.4 Å². The van der Waals surface area contributed by atoms with E-state index in [-0.39, 0.29) is 18.3 Å². The number of hydrogen-bond acceptors (Lipinski definition) is 2. The molecule has 0 aromatic carbocycles. The van der Waals surface area contributed by atoms with Crippen LogP contribution in [0, 0.1) is 5.92 Å². The molecular formula is C7H15ClO3. The largest absolute Gasteiger partial charge is 0.481 e. The van der Waals surface area contributed by atoms with Crippen LogP contribution in [-0.4, -0.2) is 23.3 Å². The monoisotopic (exact) mass is 182 g/mol. The molecule has 0 radical (unpaired) electrons. The summed E-state index contributed by atoms with van der Waals surface area (Å²) >= 11 is 0. The van der Waals surface area contributed by atoms with Crippen LogP contribution in [0.5, 0.6) is 0 Å². The number of aliphatic hydroxyl groups excluding tert-OH is 1. The average Bonchev–Trinajstić information content (AvgIpc) is 2.42. The van der Waals surface area contributed by atoms with E-state index in [4.69, 9.17) is 10.2 Å². The van der Waals surface area contributed by atoms with Crippen molar-refractivity contribution in [2.45, 2.75) is 25.7 Å². The van der Waals surface area contributed by atoms with Crippen molar-refractivity contribution in [2.24, 2.45) is 5.92 Å². The molecule has 2 N–H and O–H groups in total. The molecule has 0 aliphatic heterocycles. The Bertz CT molecular complexity index is 99.9. The zero-order valence-electron chi connectivity index (χ0n) is 6.62. The molecule has 3 nitrogen and oxygen atoms in total. The highest BCUT2D eigenvalue weighted by atomic mass is 35.5. The van der Waals surface area contributed by atoms with Gasteiger partial charge in [0.05, 0.1) is 5.92 Å². The van der Waals surface area contributed by atoms with E-state index >= 15 is 0 Å². The number of halogens is 1. The third-order valence-electron chi connectivity index (χ3n) is 1.70. The molecule has 0 unspecified atom stereocenters. The van der Waals surface area contributed by atoms with Crippen molar-refractivity contribution in [2.75, 3.05) is 7.11 Å². The minimum Gasteiger partial charge on any atom is -0.481 e. The first-order valence-corrected chi connectivity index (χ1v) is 3.48. The summed E-state index contributed by atoms with van der Waals surface area (Å²) in [6, 6.07) is 0. The summed E-state index contributed by atoms with van der Waals surface area (Å²) < 4.78 is 0. The van der Waals surface area contributed by atoms with E-state index in [1.807, 2.05) is 0 Å². The molecule has 1 rings (SSSR count). The zero-order chi connectivity index (χ0) is 7.98. The van der Waals surface area contributed by atoms with Crippen molar-refractivity contribution in [1.82, 2.24) is 0 Å². The molecule has 1 aliphatic rings. The predicted octanol–water partition coefficient (Wildman–Crippen LogP) is 1.29. The summed E-state index contributed by atoms with van der Waals surface area (Å²) in [6.45, 7) is 0. The fourth-order valence-electron chi connectivity index (χ4n) is 1.17.